The molecule has 0 saturated heterocycles. The molecule has 0 unspecified atom stereocenters. The second kappa shape index (κ2) is 11.1. The third-order valence-electron chi connectivity index (χ3n) is 5.74. The van der Waals surface area contributed by atoms with Crippen molar-refractivity contribution in [2.75, 3.05) is 5.32 Å². The minimum atomic E-state index is 0.729. The molecule has 0 saturated carbocycles. The number of rotatable bonds is 8. The first-order chi connectivity index (χ1) is 16.6. The smallest absolute Gasteiger partial charge is 0.133 e. The van der Waals surface area contributed by atoms with E-state index in [9.17, 15) is 0 Å². The van der Waals surface area contributed by atoms with Gasteiger partial charge in [0.25, 0.3) is 0 Å². The Morgan fingerprint density at radius 2 is 1.85 bits per heavy atom. The molecule has 4 aromatic rings. The van der Waals surface area contributed by atoms with Gasteiger partial charge in [-0.25, -0.2) is 9.97 Å². The topological polar surface area (TPSA) is 37.8 Å². The normalized spacial score (nSPS) is 12.6. The first-order valence-corrected chi connectivity index (χ1v) is 12.6. The zero-order chi connectivity index (χ0) is 23.9. The molecule has 0 aliphatic rings. The molecule has 2 aromatic carbocycles. The van der Waals surface area contributed by atoms with E-state index in [0.29, 0.717) is 0 Å². The first kappa shape index (κ1) is 23.7. The van der Waals surface area contributed by atoms with Crippen molar-refractivity contribution in [1.29, 1.82) is 0 Å². The van der Waals surface area contributed by atoms with Crippen molar-refractivity contribution < 1.29 is 0 Å². The van der Waals surface area contributed by atoms with E-state index in [0.717, 1.165) is 35.6 Å². The molecule has 0 aliphatic carbocycles. The Bertz CT molecular complexity index is 1370. The van der Waals surface area contributed by atoms with Crippen molar-refractivity contribution >= 4 is 33.5 Å². The maximum Gasteiger partial charge on any atom is 0.133 e. The van der Waals surface area contributed by atoms with E-state index in [1.54, 1.807) is 6.33 Å². The average Bonchev–Trinajstić information content (AvgIpc) is 3.32. The summed E-state index contributed by atoms with van der Waals surface area (Å²) in [5, 5.41) is 5.98. The summed E-state index contributed by atoms with van der Waals surface area (Å²) in [7, 11) is 0. The fourth-order valence-corrected chi connectivity index (χ4v) is 5.01. The summed E-state index contributed by atoms with van der Waals surface area (Å²) < 4.78 is 0. The number of allylic oxidation sites excluding steroid dienone is 6. The first-order valence-electron chi connectivity index (χ1n) is 11.7. The highest BCUT2D eigenvalue weighted by molar-refractivity contribution is 7.13. The fraction of sp³-hybridized carbons (Fsp3) is 0.200. The lowest BCUT2D eigenvalue weighted by molar-refractivity contribution is 1.08. The zero-order valence-electron chi connectivity index (χ0n) is 20.3. The van der Waals surface area contributed by atoms with E-state index in [4.69, 9.17) is 0 Å². The number of hydrogen-bond donors (Lipinski definition) is 1. The van der Waals surface area contributed by atoms with E-state index in [-0.39, 0.29) is 0 Å². The molecule has 3 nitrogen and oxygen atoms in total. The second-order valence-corrected chi connectivity index (χ2v) is 9.50. The molecule has 0 amide bonds. The zero-order valence-corrected chi connectivity index (χ0v) is 21.1. The molecule has 0 bridgehead atoms. The summed E-state index contributed by atoms with van der Waals surface area (Å²) in [5.41, 5.74) is 5.67. The molecule has 2 aromatic heterocycles. The van der Waals surface area contributed by atoms with E-state index in [1.165, 1.54) is 31.7 Å². The lowest BCUT2D eigenvalue weighted by Crippen LogP contribution is -2.04. The maximum absolute atomic E-state index is 4.59. The molecule has 4 rings (SSSR count). The van der Waals surface area contributed by atoms with Gasteiger partial charge in [0, 0.05) is 20.9 Å². The number of nitrogens with one attached hydrogen (secondary N) is 1. The van der Waals surface area contributed by atoms with Crippen LogP contribution in [-0.2, 0) is 6.54 Å². The van der Waals surface area contributed by atoms with Gasteiger partial charge >= 0.3 is 0 Å². The van der Waals surface area contributed by atoms with Crippen molar-refractivity contribution in [3.05, 3.63) is 106 Å². The Balaban J connectivity index is 1.53. The highest BCUT2D eigenvalue weighted by Crippen LogP contribution is 2.30. The Kier molecular flexibility index (Phi) is 7.71. The Labute approximate surface area is 206 Å². The van der Waals surface area contributed by atoms with Crippen LogP contribution in [0.4, 0.5) is 5.82 Å². The van der Waals surface area contributed by atoms with Crippen molar-refractivity contribution in [3.63, 3.8) is 0 Å². The molecule has 0 spiro atoms. The molecule has 0 radical (unpaired) electrons. The molecule has 0 aliphatic heterocycles. The van der Waals surface area contributed by atoms with E-state index >= 15 is 0 Å². The minimum absolute atomic E-state index is 0.729. The molecular formula is C30H31N3S. The van der Waals surface area contributed by atoms with Gasteiger partial charge in [0.15, 0.2) is 0 Å². The van der Waals surface area contributed by atoms with Crippen LogP contribution in [0, 0.1) is 6.92 Å². The lowest BCUT2D eigenvalue weighted by Gasteiger charge is -2.11. The van der Waals surface area contributed by atoms with Gasteiger partial charge in [-0.2, -0.15) is 0 Å². The largest absolute Gasteiger partial charge is 0.365 e. The second-order valence-electron chi connectivity index (χ2n) is 8.33. The van der Waals surface area contributed by atoms with Crippen LogP contribution >= 0.6 is 11.3 Å². The van der Waals surface area contributed by atoms with Crippen LogP contribution in [0.15, 0.2) is 90.8 Å². The molecule has 4 heteroatoms. The number of aromatic nitrogens is 2. The maximum atomic E-state index is 4.59. The van der Waals surface area contributed by atoms with Crippen LogP contribution in [0.25, 0.3) is 27.6 Å². The van der Waals surface area contributed by atoms with Crippen molar-refractivity contribution in [1.82, 2.24) is 9.97 Å². The van der Waals surface area contributed by atoms with Crippen LogP contribution in [0.2, 0.25) is 0 Å². The van der Waals surface area contributed by atoms with Gasteiger partial charge in [0.05, 0.1) is 12.2 Å². The van der Waals surface area contributed by atoms with Gasteiger partial charge in [-0.05, 0) is 61.7 Å². The van der Waals surface area contributed by atoms with Gasteiger partial charge in [-0.15, -0.1) is 11.3 Å². The Hall–Kier alpha value is -3.50. The van der Waals surface area contributed by atoms with E-state index in [1.807, 2.05) is 11.3 Å². The van der Waals surface area contributed by atoms with Crippen LogP contribution in [0.1, 0.15) is 42.5 Å². The van der Waals surface area contributed by atoms with Crippen LogP contribution in [0.5, 0.6) is 0 Å². The highest BCUT2D eigenvalue weighted by Gasteiger charge is 2.11. The van der Waals surface area contributed by atoms with Gasteiger partial charge in [0.1, 0.15) is 12.1 Å². The fourth-order valence-electron chi connectivity index (χ4n) is 4.06. The molecule has 1 N–H and O–H groups in total. The molecule has 34 heavy (non-hydrogen) atoms. The number of fused-ring (bicyclic) bond motifs is 1. The predicted octanol–water partition coefficient (Wildman–Crippen LogP) is 8.59. The van der Waals surface area contributed by atoms with Crippen LogP contribution in [0.3, 0.4) is 0 Å². The van der Waals surface area contributed by atoms with E-state index in [2.05, 4.69) is 122 Å². The standard InChI is InChI=1S/C30H31N3S/c1-5-9-21(3)17-25(10-6-2)28-16-15-27(34-28)19-31-30-22(4)29(32-20-33-30)26-14-13-23-11-7-8-12-24(23)18-26/h6-18,20H,5,19H2,1-4H3,(H,31,32,33)/b10-6-,21-9+,25-17+. The monoisotopic (exact) mass is 465 g/mol. The van der Waals surface area contributed by atoms with Crippen molar-refractivity contribution in [2.45, 2.75) is 40.7 Å². The average molecular weight is 466 g/mol. The van der Waals surface area contributed by atoms with Gasteiger partial charge in [0.2, 0.25) is 0 Å². The SMILES string of the molecule is C\C=C/C(=C\C(C)=C\CC)c1ccc(CNc2ncnc(-c3ccc4ccccc4c3)c2C)s1. The van der Waals surface area contributed by atoms with Gasteiger partial charge in [-0.1, -0.05) is 73.2 Å². The van der Waals surface area contributed by atoms with Gasteiger partial charge < -0.3 is 5.32 Å². The minimum Gasteiger partial charge on any atom is -0.365 e. The molecule has 0 fully saturated rings. The molecule has 172 valence electrons. The summed E-state index contributed by atoms with van der Waals surface area (Å²) >= 11 is 1.82. The Morgan fingerprint density at radius 3 is 2.65 bits per heavy atom. The summed E-state index contributed by atoms with van der Waals surface area (Å²) in [6.45, 7) is 9.21. The number of benzene rings is 2. The van der Waals surface area contributed by atoms with Crippen molar-refractivity contribution in [3.8, 4) is 11.3 Å². The summed E-state index contributed by atoms with van der Waals surface area (Å²) in [5.74, 6) is 0.874. The summed E-state index contributed by atoms with van der Waals surface area (Å²) in [6, 6.07) is 19.3. The number of anilines is 1. The number of nitrogens with zero attached hydrogens (tertiary/aromatic N) is 2. The lowest BCUT2D eigenvalue weighted by atomic mass is 10.0. The van der Waals surface area contributed by atoms with Crippen LogP contribution in [-0.4, -0.2) is 9.97 Å². The molecule has 0 atom stereocenters. The highest BCUT2D eigenvalue weighted by atomic mass is 32.1. The summed E-state index contributed by atoms with van der Waals surface area (Å²) in [6.07, 6.45) is 11.5. The van der Waals surface area contributed by atoms with Gasteiger partial charge in [-0.3, -0.25) is 0 Å². The third kappa shape index (κ3) is 5.52. The predicted molar refractivity (Wildman–Crippen MR) is 148 cm³/mol. The third-order valence-corrected chi connectivity index (χ3v) is 6.87. The van der Waals surface area contributed by atoms with E-state index < -0.39 is 0 Å². The Morgan fingerprint density at radius 1 is 1.03 bits per heavy atom. The molecule has 2 heterocycles. The molecular weight excluding hydrogens is 434 g/mol. The number of hydrogen-bond acceptors (Lipinski definition) is 4. The number of thiophene rings is 1. The van der Waals surface area contributed by atoms with Crippen LogP contribution < -0.4 is 5.32 Å². The summed E-state index contributed by atoms with van der Waals surface area (Å²) in [4.78, 5) is 11.7. The quantitative estimate of drug-likeness (QED) is 0.265. The van der Waals surface area contributed by atoms with Crippen molar-refractivity contribution in [2.24, 2.45) is 0 Å².